The molecule has 0 aliphatic carbocycles. The fourth-order valence-electron chi connectivity index (χ4n) is 3.36. The van der Waals surface area contributed by atoms with Gasteiger partial charge in [-0.25, -0.2) is 0 Å². The predicted octanol–water partition coefficient (Wildman–Crippen LogP) is 2.65. The largest absolute Gasteiger partial charge is 0.492 e. The Kier molecular flexibility index (Phi) is 7.46. The third kappa shape index (κ3) is 6.36. The molecule has 1 amide bonds. The summed E-state index contributed by atoms with van der Waals surface area (Å²) in [7, 11) is 1.97. The summed E-state index contributed by atoms with van der Waals surface area (Å²) < 4.78 is 5.76. The van der Waals surface area contributed by atoms with Gasteiger partial charge in [-0.1, -0.05) is 48.0 Å². The number of piperazine rings is 1. The van der Waals surface area contributed by atoms with Gasteiger partial charge in [-0.15, -0.1) is 0 Å². The summed E-state index contributed by atoms with van der Waals surface area (Å²) in [4.78, 5) is 19.0. The molecule has 0 spiro atoms. The minimum absolute atomic E-state index is 0.206. The van der Waals surface area contributed by atoms with Gasteiger partial charge in [0.05, 0.1) is 6.54 Å². The summed E-state index contributed by atoms with van der Waals surface area (Å²) in [5, 5.41) is 0. The number of rotatable bonds is 8. The fraction of sp³-hybridized carbons (Fsp3) is 0.435. The topological polar surface area (TPSA) is 36.0 Å². The van der Waals surface area contributed by atoms with Gasteiger partial charge in [0.15, 0.2) is 0 Å². The summed E-state index contributed by atoms with van der Waals surface area (Å²) in [5.41, 5.74) is 2.55. The number of amides is 1. The van der Waals surface area contributed by atoms with Crippen molar-refractivity contribution in [2.45, 2.75) is 13.5 Å². The number of hydrogen-bond acceptors (Lipinski definition) is 4. The fourth-order valence-corrected chi connectivity index (χ4v) is 3.36. The van der Waals surface area contributed by atoms with Crippen LogP contribution in [0.1, 0.15) is 11.1 Å². The van der Waals surface area contributed by atoms with E-state index >= 15 is 0 Å². The standard InChI is InChI=1S/C23H31N3O2/c1-20-8-10-22(11-9-20)28-17-16-24(2)19-23(27)26-14-12-25(13-15-26)18-21-6-4-3-5-7-21/h3-11H,12-19H2,1-2H3. The monoisotopic (exact) mass is 381 g/mol. The maximum atomic E-state index is 12.6. The van der Waals surface area contributed by atoms with Crippen LogP contribution in [0.15, 0.2) is 54.6 Å². The molecule has 0 atom stereocenters. The Morgan fingerprint density at radius 1 is 1.00 bits per heavy atom. The minimum atomic E-state index is 0.206. The summed E-state index contributed by atoms with van der Waals surface area (Å²) in [6.07, 6.45) is 0. The molecule has 0 saturated carbocycles. The van der Waals surface area contributed by atoms with E-state index in [0.29, 0.717) is 13.2 Å². The molecule has 5 nitrogen and oxygen atoms in total. The highest BCUT2D eigenvalue weighted by Crippen LogP contribution is 2.11. The predicted molar refractivity (Wildman–Crippen MR) is 112 cm³/mol. The van der Waals surface area contributed by atoms with Crippen LogP contribution in [0.4, 0.5) is 0 Å². The highest BCUT2D eigenvalue weighted by atomic mass is 16.5. The van der Waals surface area contributed by atoms with Gasteiger partial charge < -0.3 is 9.64 Å². The Morgan fingerprint density at radius 2 is 1.68 bits per heavy atom. The lowest BCUT2D eigenvalue weighted by Gasteiger charge is -2.35. The number of ether oxygens (including phenoxy) is 1. The lowest BCUT2D eigenvalue weighted by atomic mass is 10.2. The highest BCUT2D eigenvalue weighted by Gasteiger charge is 2.21. The second-order valence-corrected chi connectivity index (χ2v) is 7.54. The van der Waals surface area contributed by atoms with Crippen LogP contribution in [0, 0.1) is 6.92 Å². The second-order valence-electron chi connectivity index (χ2n) is 7.54. The third-order valence-corrected chi connectivity index (χ3v) is 5.14. The van der Waals surface area contributed by atoms with E-state index in [0.717, 1.165) is 45.0 Å². The van der Waals surface area contributed by atoms with Crippen LogP contribution in [0.5, 0.6) is 5.75 Å². The van der Waals surface area contributed by atoms with Crippen LogP contribution >= 0.6 is 0 Å². The molecule has 0 aromatic heterocycles. The summed E-state index contributed by atoms with van der Waals surface area (Å²) in [6, 6.07) is 18.6. The molecule has 1 aliphatic heterocycles. The van der Waals surface area contributed by atoms with Crippen LogP contribution in [0.3, 0.4) is 0 Å². The van der Waals surface area contributed by atoms with Crippen LogP contribution in [0.25, 0.3) is 0 Å². The molecule has 1 fully saturated rings. The van der Waals surface area contributed by atoms with E-state index < -0.39 is 0 Å². The van der Waals surface area contributed by atoms with E-state index in [4.69, 9.17) is 4.74 Å². The number of carbonyl (C=O) groups excluding carboxylic acids is 1. The molecule has 2 aromatic rings. The van der Waals surface area contributed by atoms with Gasteiger partial charge >= 0.3 is 0 Å². The van der Waals surface area contributed by atoms with E-state index in [2.05, 4.69) is 36.1 Å². The lowest BCUT2D eigenvalue weighted by Crippen LogP contribution is -2.50. The van der Waals surface area contributed by atoms with E-state index in [1.807, 2.05) is 47.2 Å². The van der Waals surface area contributed by atoms with Crippen molar-refractivity contribution in [2.24, 2.45) is 0 Å². The van der Waals surface area contributed by atoms with Crippen molar-refractivity contribution in [3.05, 3.63) is 65.7 Å². The number of benzene rings is 2. The first kappa shape index (κ1) is 20.4. The maximum absolute atomic E-state index is 12.6. The van der Waals surface area contributed by atoms with E-state index in [1.54, 1.807) is 0 Å². The van der Waals surface area contributed by atoms with Crippen molar-refractivity contribution in [3.8, 4) is 5.75 Å². The quantitative estimate of drug-likeness (QED) is 0.704. The first-order valence-electron chi connectivity index (χ1n) is 10.0. The number of nitrogens with zero attached hydrogens (tertiary/aromatic N) is 3. The molecule has 3 rings (SSSR count). The lowest BCUT2D eigenvalue weighted by molar-refractivity contribution is -0.134. The van der Waals surface area contributed by atoms with Crippen LogP contribution in [-0.4, -0.2) is 73.5 Å². The van der Waals surface area contributed by atoms with Crippen molar-refractivity contribution in [1.82, 2.24) is 14.7 Å². The Labute approximate surface area is 168 Å². The number of aryl methyl sites for hydroxylation is 1. The Morgan fingerprint density at radius 3 is 2.36 bits per heavy atom. The third-order valence-electron chi connectivity index (χ3n) is 5.14. The van der Waals surface area contributed by atoms with Crippen molar-refractivity contribution >= 4 is 5.91 Å². The van der Waals surface area contributed by atoms with Gasteiger partial charge in [0.1, 0.15) is 12.4 Å². The Hall–Kier alpha value is -2.37. The van der Waals surface area contributed by atoms with Crippen molar-refractivity contribution in [3.63, 3.8) is 0 Å². The molecule has 0 radical (unpaired) electrons. The number of hydrogen-bond donors (Lipinski definition) is 0. The smallest absolute Gasteiger partial charge is 0.236 e. The number of carbonyl (C=O) groups is 1. The zero-order valence-corrected chi connectivity index (χ0v) is 17.0. The first-order valence-corrected chi connectivity index (χ1v) is 10.0. The van der Waals surface area contributed by atoms with E-state index in [-0.39, 0.29) is 5.91 Å². The van der Waals surface area contributed by atoms with Crippen molar-refractivity contribution in [1.29, 1.82) is 0 Å². The van der Waals surface area contributed by atoms with Crippen molar-refractivity contribution < 1.29 is 9.53 Å². The van der Waals surface area contributed by atoms with Crippen LogP contribution in [-0.2, 0) is 11.3 Å². The molecule has 1 heterocycles. The first-order chi connectivity index (χ1) is 13.6. The summed E-state index contributed by atoms with van der Waals surface area (Å²) in [6.45, 7) is 8.24. The molecule has 28 heavy (non-hydrogen) atoms. The Balaban J connectivity index is 1.33. The van der Waals surface area contributed by atoms with Crippen LogP contribution < -0.4 is 4.74 Å². The van der Waals surface area contributed by atoms with Gasteiger partial charge in [0.25, 0.3) is 0 Å². The van der Waals surface area contributed by atoms with Crippen LogP contribution in [0.2, 0.25) is 0 Å². The SMILES string of the molecule is Cc1ccc(OCCN(C)CC(=O)N2CCN(Cc3ccccc3)CC2)cc1. The molecule has 2 aromatic carbocycles. The van der Waals surface area contributed by atoms with Gasteiger partial charge in [-0.3, -0.25) is 14.6 Å². The van der Waals surface area contributed by atoms with Gasteiger partial charge in [-0.05, 0) is 31.7 Å². The second kappa shape index (κ2) is 10.2. The molecule has 5 heteroatoms. The minimum Gasteiger partial charge on any atom is -0.492 e. The number of likely N-dealkylation sites (N-methyl/N-ethyl adjacent to an activating group) is 1. The zero-order valence-electron chi connectivity index (χ0n) is 17.0. The van der Waals surface area contributed by atoms with Gasteiger partial charge in [0, 0.05) is 39.3 Å². The molecule has 0 bridgehead atoms. The molecular weight excluding hydrogens is 350 g/mol. The molecule has 150 valence electrons. The van der Waals surface area contributed by atoms with Crippen molar-refractivity contribution in [2.75, 3.05) is 52.9 Å². The molecular formula is C23H31N3O2. The van der Waals surface area contributed by atoms with Gasteiger partial charge in [-0.2, -0.15) is 0 Å². The van der Waals surface area contributed by atoms with E-state index in [1.165, 1.54) is 11.1 Å². The highest BCUT2D eigenvalue weighted by molar-refractivity contribution is 5.78. The molecule has 0 N–H and O–H groups in total. The average molecular weight is 382 g/mol. The van der Waals surface area contributed by atoms with Gasteiger partial charge in [0.2, 0.25) is 5.91 Å². The molecule has 1 aliphatic rings. The average Bonchev–Trinajstić information content (AvgIpc) is 2.71. The normalized spacial score (nSPS) is 15.0. The Bertz CT molecular complexity index is 725. The summed E-state index contributed by atoms with van der Waals surface area (Å²) >= 11 is 0. The van der Waals surface area contributed by atoms with E-state index in [9.17, 15) is 4.79 Å². The molecule has 0 unspecified atom stereocenters. The zero-order chi connectivity index (χ0) is 19.8. The summed E-state index contributed by atoms with van der Waals surface area (Å²) in [5.74, 6) is 1.08. The maximum Gasteiger partial charge on any atom is 0.236 e. The molecule has 1 saturated heterocycles.